The third-order valence-electron chi connectivity index (χ3n) is 3.01. The molecular weight excluding hydrogens is 265 g/mol. The molecule has 0 aliphatic rings. The zero-order valence-electron chi connectivity index (χ0n) is 11.3. The van der Waals surface area contributed by atoms with Crippen LogP contribution in [0.3, 0.4) is 0 Å². The molecule has 1 rings (SSSR count). The molecule has 1 nitrogen and oxygen atoms in total. The lowest BCUT2D eigenvalue weighted by atomic mass is 9.83. The molecule has 0 amide bonds. The Kier molecular flexibility index (Phi) is 5.71. The highest BCUT2D eigenvalue weighted by atomic mass is 35.5. The van der Waals surface area contributed by atoms with E-state index in [-0.39, 0.29) is 5.41 Å². The predicted molar refractivity (Wildman–Crippen MR) is 81.6 cm³/mol. The summed E-state index contributed by atoms with van der Waals surface area (Å²) in [6.07, 6.45) is 2.81. The summed E-state index contributed by atoms with van der Waals surface area (Å²) >= 11 is 12.2. The second-order valence-corrected chi connectivity index (χ2v) is 6.15. The Bertz CT molecular complexity index is 415. The third kappa shape index (κ3) is 4.64. The van der Waals surface area contributed by atoms with Gasteiger partial charge in [0.05, 0.1) is 0 Å². The van der Waals surface area contributed by atoms with Crippen molar-refractivity contribution in [1.29, 1.82) is 0 Å². The normalized spacial score (nSPS) is 14.6. The molecule has 18 heavy (non-hydrogen) atoms. The maximum Gasteiger partial charge on any atom is 0.0439 e. The van der Waals surface area contributed by atoms with Crippen molar-refractivity contribution in [3.05, 3.63) is 46.5 Å². The lowest BCUT2D eigenvalue weighted by molar-refractivity contribution is 0.373. The van der Waals surface area contributed by atoms with E-state index >= 15 is 0 Å². The Morgan fingerprint density at radius 3 is 2.61 bits per heavy atom. The van der Waals surface area contributed by atoms with E-state index < -0.39 is 0 Å². The van der Waals surface area contributed by atoms with Crippen LogP contribution in [0.2, 0.25) is 10.0 Å². The quantitative estimate of drug-likeness (QED) is 0.746. The summed E-state index contributed by atoms with van der Waals surface area (Å²) in [6.45, 7) is 11.3. The van der Waals surface area contributed by atoms with Crippen LogP contribution < -0.4 is 5.32 Å². The van der Waals surface area contributed by atoms with Crippen LogP contribution >= 0.6 is 23.2 Å². The summed E-state index contributed by atoms with van der Waals surface area (Å²) in [4.78, 5) is 0. The first-order valence-electron chi connectivity index (χ1n) is 6.17. The van der Waals surface area contributed by atoms with Crippen molar-refractivity contribution < 1.29 is 0 Å². The van der Waals surface area contributed by atoms with Crippen LogP contribution in [0.1, 0.15) is 26.3 Å². The fourth-order valence-electron chi connectivity index (χ4n) is 1.76. The fourth-order valence-corrected chi connectivity index (χ4v) is 2.14. The van der Waals surface area contributed by atoms with Gasteiger partial charge >= 0.3 is 0 Å². The summed E-state index contributed by atoms with van der Waals surface area (Å²) < 4.78 is 0. The Morgan fingerprint density at radius 1 is 1.39 bits per heavy atom. The molecule has 0 aromatic heterocycles. The Hall–Kier alpha value is -0.500. The Morgan fingerprint density at radius 2 is 2.06 bits per heavy atom. The molecule has 0 heterocycles. The lowest BCUT2D eigenvalue weighted by Gasteiger charge is -2.28. The number of hydrogen-bond donors (Lipinski definition) is 1. The van der Waals surface area contributed by atoms with Gasteiger partial charge < -0.3 is 5.32 Å². The van der Waals surface area contributed by atoms with Crippen LogP contribution in [0.25, 0.3) is 0 Å². The molecule has 100 valence electrons. The first kappa shape index (κ1) is 15.6. The van der Waals surface area contributed by atoms with Crippen molar-refractivity contribution in [2.45, 2.75) is 33.2 Å². The van der Waals surface area contributed by atoms with E-state index in [0.29, 0.717) is 6.04 Å². The number of nitrogens with one attached hydrogen (secondary N) is 1. The van der Waals surface area contributed by atoms with Crippen molar-refractivity contribution in [3.63, 3.8) is 0 Å². The minimum atomic E-state index is -0.0292. The Labute approximate surface area is 120 Å². The standard InChI is InChI=1S/C15H21Cl2N/c1-5-15(4,10-18-11(2)3)9-12-8-13(16)6-7-14(12)17/h5-8,11,18H,1,9-10H2,2-4H3. The van der Waals surface area contributed by atoms with Gasteiger partial charge in [-0.15, -0.1) is 6.58 Å². The first-order valence-corrected chi connectivity index (χ1v) is 6.93. The van der Waals surface area contributed by atoms with Crippen LogP contribution in [-0.2, 0) is 6.42 Å². The number of halogens is 2. The molecule has 1 N–H and O–H groups in total. The molecule has 0 radical (unpaired) electrons. The van der Waals surface area contributed by atoms with E-state index in [4.69, 9.17) is 23.2 Å². The van der Waals surface area contributed by atoms with Gasteiger partial charge in [0.2, 0.25) is 0 Å². The van der Waals surface area contributed by atoms with Gasteiger partial charge in [-0.05, 0) is 30.2 Å². The van der Waals surface area contributed by atoms with E-state index in [2.05, 4.69) is 32.7 Å². The minimum absolute atomic E-state index is 0.0292. The number of benzene rings is 1. The van der Waals surface area contributed by atoms with Crippen molar-refractivity contribution in [3.8, 4) is 0 Å². The molecular formula is C15H21Cl2N. The molecule has 1 unspecified atom stereocenters. The second kappa shape index (κ2) is 6.60. The van der Waals surface area contributed by atoms with Crippen molar-refractivity contribution in [1.82, 2.24) is 5.32 Å². The maximum absolute atomic E-state index is 6.21. The van der Waals surface area contributed by atoms with Gasteiger partial charge in [0.25, 0.3) is 0 Å². The van der Waals surface area contributed by atoms with Gasteiger partial charge in [-0.2, -0.15) is 0 Å². The highest BCUT2D eigenvalue weighted by Crippen LogP contribution is 2.29. The molecule has 0 bridgehead atoms. The van der Waals surface area contributed by atoms with Gasteiger partial charge in [-0.3, -0.25) is 0 Å². The molecule has 0 aliphatic carbocycles. The van der Waals surface area contributed by atoms with E-state index in [0.717, 1.165) is 28.6 Å². The third-order valence-corrected chi connectivity index (χ3v) is 3.61. The molecule has 0 aliphatic heterocycles. The summed E-state index contributed by atoms with van der Waals surface area (Å²) in [5.74, 6) is 0. The molecule has 0 spiro atoms. The summed E-state index contributed by atoms with van der Waals surface area (Å²) in [6, 6.07) is 6.05. The van der Waals surface area contributed by atoms with Crippen LogP contribution in [0.5, 0.6) is 0 Å². The van der Waals surface area contributed by atoms with Crippen molar-refractivity contribution in [2.24, 2.45) is 5.41 Å². The minimum Gasteiger partial charge on any atom is -0.314 e. The van der Waals surface area contributed by atoms with Gasteiger partial charge in [0.15, 0.2) is 0 Å². The van der Waals surface area contributed by atoms with Crippen molar-refractivity contribution >= 4 is 23.2 Å². The van der Waals surface area contributed by atoms with Crippen LogP contribution in [0.15, 0.2) is 30.9 Å². The predicted octanol–water partition coefficient (Wildman–Crippen LogP) is 4.73. The molecule has 1 aromatic rings. The molecule has 1 atom stereocenters. The largest absolute Gasteiger partial charge is 0.314 e. The smallest absolute Gasteiger partial charge is 0.0439 e. The van der Waals surface area contributed by atoms with Gasteiger partial charge in [0.1, 0.15) is 0 Å². The first-order chi connectivity index (χ1) is 8.36. The topological polar surface area (TPSA) is 12.0 Å². The van der Waals surface area contributed by atoms with Gasteiger partial charge in [-0.25, -0.2) is 0 Å². The summed E-state index contributed by atoms with van der Waals surface area (Å²) in [5, 5.41) is 4.93. The van der Waals surface area contributed by atoms with Crippen LogP contribution in [-0.4, -0.2) is 12.6 Å². The molecule has 3 heteroatoms. The second-order valence-electron chi connectivity index (χ2n) is 5.31. The van der Waals surface area contributed by atoms with E-state index in [9.17, 15) is 0 Å². The average Bonchev–Trinajstić information content (AvgIpc) is 2.31. The van der Waals surface area contributed by atoms with Gasteiger partial charge in [-0.1, -0.05) is 50.0 Å². The Balaban J connectivity index is 2.84. The summed E-state index contributed by atoms with van der Waals surface area (Å²) in [7, 11) is 0. The van der Waals surface area contributed by atoms with Crippen LogP contribution in [0.4, 0.5) is 0 Å². The highest BCUT2D eigenvalue weighted by Gasteiger charge is 2.22. The fraction of sp³-hybridized carbons (Fsp3) is 0.467. The highest BCUT2D eigenvalue weighted by molar-refractivity contribution is 6.33. The molecule has 0 saturated heterocycles. The maximum atomic E-state index is 6.21. The van der Waals surface area contributed by atoms with E-state index in [1.807, 2.05) is 24.3 Å². The number of rotatable bonds is 6. The van der Waals surface area contributed by atoms with E-state index in [1.165, 1.54) is 0 Å². The molecule has 0 saturated carbocycles. The van der Waals surface area contributed by atoms with Crippen LogP contribution in [0, 0.1) is 5.41 Å². The van der Waals surface area contributed by atoms with Gasteiger partial charge in [0, 0.05) is 28.0 Å². The lowest BCUT2D eigenvalue weighted by Crippen LogP contribution is -2.35. The molecule has 1 aromatic carbocycles. The SMILES string of the molecule is C=CC(C)(CNC(C)C)Cc1cc(Cl)ccc1Cl. The average molecular weight is 286 g/mol. The monoisotopic (exact) mass is 285 g/mol. The number of hydrogen-bond acceptors (Lipinski definition) is 1. The van der Waals surface area contributed by atoms with Crippen molar-refractivity contribution in [2.75, 3.05) is 6.54 Å². The summed E-state index contributed by atoms with van der Waals surface area (Å²) in [5.41, 5.74) is 1.04. The zero-order valence-corrected chi connectivity index (χ0v) is 12.8. The zero-order chi connectivity index (χ0) is 13.8. The van der Waals surface area contributed by atoms with E-state index in [1.54, 1.807) is 0 Å². The molecule has 0 fully saturated rings.